The molecule has 4 heteroatoms. The van der Waals surface area contributed by atoms with E-state index in [-0.39, 0.29) is 0 Å². The molecule has 0 aliphatic rings. The second-order valence-corrected chi connectivity index (χ2v) is 5.72. The predicted octanol–water partition coefficient (Wildman–Crippen LogP) is 4.05. The van der Waals surface area contributed by atoms with Crippen molar-refractivity contribution in [2.45, 2.75) is 26.3 Å². The zero-order valence-corrected chi connectivity index (χ0v) is 11.5. The third-order valence-corrected chi connectivity index (χ3v) is 3.91. The molecule has 0 fully saturated rings. The van der Waals surface area contributed by atoms with Crippen LogP contribution in [-0.2, 0) is 6.54 Å². The fraction of sp³-hybridized carbons (Fsp3) is 0.308. The Kier molecular flexibility index (Phi) is 3.82. The van der Waals surface area contributed by atoms with Gasteiger partial charge in [-0.05, 0) is 18.1 Å². The molecule has 0 saturated heterocycles. The summed E-state index contributed by atoms with van der Waals surface area (Å²) in [5, 5.41) is 1.73. The van der Waals surface area contributed by atoms with Gasteiger partial charge in [0.25, 0.3) is 0 Å². The van der Waals surface area contributed by atoms with Crippen LogP contribution in [0.5, 0.6) is 0 Å². The predicted molar refractivity (Wildman–Crippen MR) is 74.5 cm³/mol. The smallest absolute Gasteiger partial charge is 0.123 e. The number of rotatable bonds is 3. The maximum absolute atomic E-state index is 5.99. The molecule has 0 spiro atoms. The zero-order chi connectivity index (χ0) is 12.4. The SMILES string of the molecule is CC(C)c1nc(-c2cccc(Cl)c2)sc1CN. The van der Waals surface area contributed by atoms with Crippen LogP contribution in [0.25, 0.3) is 10.6 Å². The number of nitrogens with two attached hydrogens (primary N) is 1. The summed E-state index contributed by atoms with van der Waals surface area (Å²) in [6, 6.07) is 7.77. The van der Waals surface area contributed by atoms with Gasteiger partial charge in [0, 0.05) is 22.0 Å². The van der Waals surface area contributed by atoms with Gasteiger partial charge < -0.3 is 5.73 Å². The highest BCUT2D eigenvalue weighted by Crippen LogP contribution is 2.32. The minimum Gasteiger partial charge on any atom is -0.326 e. The van der Waals surface area contributed by atoms with Crippen molar-refractivity contribution in [2.24, 2.45) is 5.73 Å². The summed E-state index contributed by atoms with van der Waals surface area (Å²) in [4.78, 5) is 5.83. The van der Waals surface area contributed by atoms with Gasteiger partial charge in [-0.15, -0.1) is 11.3 Å². The van der Waals surface area contributed by atoms with E-state index in [9.17, 15) is 0 Å². The summed E-state index contributed by atoms with van der Waals surface area (Å²) in [6.07, 6.45) is 0. The van der Waals surface area contributed by atoms with Gasteiger partial charge in [0.2, 0.25) is 0 Å². The number of thiazole rings is 1. The van der Waals surface area contributed by atoms with E-state index >= 15 is 0 Å². The first-order chi connectivity index (χ1) is 8.11. The Morgan fingerprint density at radius 1 is 1.41 bits per heavy atom. The lowest BCUT2D eigenvalue weighted by molar-refractivity contribution is 0.814. The molecule has 2 N–H and O–H groups in total. The van der Waals surface area contributed by atoms with Crippen LogP contribution in [0.15, 0.2) is 24.3 Å². The van der Waals surface area contributed by atoms with Crippen molar-refractivity contribution in [1.82, 2.24) is 4.98 Å². The summed E-state index contributed by atoms with van der Waals surface area (Å²) < 4.78 is 0. The lowest BCUT2D eigenvalue weighted by atomic mass is 10.1. The molecule has 2 aromatic rings. The molecule has 0 radical (unpaired) electrons. The molecule has 0 amide bonds. The molecule has 1 aromatic heterocycles. The van der Waals surface area contributed by atoms with Crippen LogP contribution in [0.1, 0.15) is 30.3 Å². The van der Waals surface area contributed by atoms with Crippen LogP contribution in [0.3, 0.4) is 0 Å². The molecular formula is C13H15ClN2S. The van der Waals surface area contributed by atoms with Crippen molar-refractivity contribution in [3.63, 3.8) is 0 Å². The largest absolute Gasteiger partial charge is 0.326 e. The van der Waals surface area contributed by atoms with E-state index in [0.29, 0.717) is 12.5 Å². The first kappa shape index (κ1) is 12.6. The molecule has 0 aliphatic heterocycles. The summed E-state index contributed by atoms with van der Waals surface area (Å²) in [6.45, 7) is 4.82. The van der Waals surface area contributed by atoms with E-state index in [0.717, 1.165) is 26.2 Å². The molecule has 0 bridgehead atoms. The van der Waals surface area contributed by atoms with Crippen molar-refractivity contribution in [1.29, 1.82) is 0 Å². The highest BCUT2D eigenvalue weighted by Gasteiger charge is 2.14. The molecule has 0 aliphatic carbocycles. The molecule has 2 rings (SSSR count). The third kappa shape index (κ3) is 2.68. The number of halogens is 1. The molecule has 2 nitrogen and oxygen atoms in total. The van der Waals surface area contributed by atoms with Crippen molar-refractivity contribution in [3.8, 4) is 10.6 Å². The van der Waals surface area contributed by atoms with Gasteiger partial charge in [-0.25, -0.2) is 4.98 Å². The average molecular weight is 267 g/mol. The molecule has 1 heterocycles. The van der Waals surface area contributed by atoms with Crippen molar-refractivity contribution >= 4 is 22.9 Å². The number of aromatic nitrogens is 1. The first-order valence-corrected chi connectivity index (χ1v) is 6.77. The van der Waals surface area contributed by atoms with E-state index in [4.69, 9.17) is 17.3 Å². The Morgan fingerprint density at radius 2 is 2.18 bits per heavy atom. The first-order valence-electron chi connectivity index (χ1n) is 5.57. The minimum absolute atomic E-state index is 0.401. The monoisotopic (exact) mass is 266 g/mol. The Labute approximate surface area is 110 Å². The molecular weight excluding hydrogens is 252 g/mol. The molecule has 90 valence electrons. The fourth-order valence-electron chi connectivity index (χ4n) is 1.71. The van der Waals surface area contributed by atoms with E-state index in [1.165, 1.54) is 0 Å². The Morgan fingerprint density at radius 3 is 2.71 bits per heavy atom. The standard InChI is InChI=1S/C13H15ClN2S/c1-8(2)12-11(7-15)17-13(16-12)9-4-3-5-10(14)6-9/h3-6,8H,7,15H2,1-2H3. The lowest BCUT2D eigenvalue weighted by Gasteiger charge is -2.01. The van der Waals surface area contributed by atoms with Gasteiger partial charge >= 0.3 is 0 Å². The van der Waals surface area contributed by atoms with E-state index in [1.807, 2.05) is 24.3 Å². The topological polar surface area (TPSA) is 38.9 Å². The molecule has 0 saturated carbocycles. The maximum Gasteiger partial charge on any atom is 0.123 e. The Balaban J connectivity index is 2.46. The highest BCUT2D eigenvalue weighted by molar-refractivity contribution is 7.15. The Bertz CT molecular complexity index is 520. The van der Waals surface area contributed by atoms with Crippen LogP contribution in [-0.4, -0.2) is 4.98 Å². The molecule has 1 aromatic carbocycles. The number of benzene rings is 1. The number of hydrogen-bond acceptors (Lipinski definition) is 3. The van der Waals surface area contributed by atoms with Crippen LogP contribution in [0.2, 0.25) is 5.02 Å². The van der Waals surface area contributed by atoms with Crippen molar-refractivity contribution < 1.29 is 0 Å². The van der Waals surface area contributed by atoms with Crippen LogP contribution >= 0.6 is 22.9 Å². The second-order valence-electron chi connectivity index (χ2n) is 4.20. The second kappa shape index (κ2) is 5.17. The van der Waals surface area contributed by atoms with Crippen LogP contribution in [0.4, 0.5) is 0 Å². The lowest BCUT2D eigenvalue weighted by Crippen LogP contribution is -1.99. The normalized spacial score (nSPS) is 11.1. The summed E-state index contributed by atoms with van der Waals surface area (Å²) in [7, 11) is 0. The van der Waals surface area contributed by atoms with Gasteiger partial charge in [0.1, 0.15) is 5.01 Å². The van der Waals surface area contributed by atoms with Crippen LogP contribution in [0, 0.1) is 0 Å². The molecule has 17 heavy (non-hydrogen) atoms. The average Bonchev–Trinajstić information content (AvgIpc) is 2.73. The van der Waals surface area contributed by atoms with Gasteiger partial charge in [0.05, 0.1) is 5.69 Å². The maximum atomic E-state index is 5.99. The summed E-state index contributed by atoms with van der Waals surface area (Å²) >= 11 is 7.64. The minimum atomic E-state index is 0.401. The zero-order valence-electron chi connectivity index (χ0n) is 9.90. The van der Waals surface area contributed by atoms with Gasteiger partial charge in [0.15, 0.2) is 0 Å². The number of nitrogens with zero attached hydrogens (tertiary/aromatic N) is 1. The summed E-state index contributed by atoms with van der Waals surface area (Å²) in [5.74, 6) is 0.401. The van der Waals surface area contributed by atoms with Gasteiger partial charge in [-0.1, -0.05) is 37.6 Å². The van der Waals surface area contributed by atoms with E-state index in [1.54, 1.807) is 11.3 Å². The third-order valence-electron chi connectivity index (χ3n) is 2.53. The van der Waals surface area contributed by atoms with E-state index < -0.39 is 0 Å². The highest BCUT2D eigenvalue weighted by atomic mass is 35.5. The van der Waals surface area contributed by atoms with Crippen molar-refractivity contribution in [3.05, 3.63) is 39.9 Å². The molecule has 0 unspecified atom stereocenters. The fourth-order valence-corrected chi connectivity index (χ4v) is 2.99. The number of hydrogen-bond donors (Lipinski definition) is 1. The van der Waals surface area contributed by atoms with Gasteiger partial charge in [-0.3, -0.25) is 0 Å². The Hall–Kier alpha value is -0.900. The van der Waals surface area contributed by atoms with Gasteiger partial charge in [-0.2, -0.15) is 0 Å². The van der Waals surface area contributed by atoms with Crippen LogP contribution < -0.4 is 5.73 Å². The van der Waals surface area contributed by atoms with E-state index in [2.05, 4.69) is 18.8 Å². The van der Waals surface area contributed by atoms with Crippen molar-refractivity contribution in [2.75, 3.05) is 0 Å². The summed E-state index contributed by atoms with van der Waals surface area (Å²) in [5.41, 5.74) is 7.92. The molecule has 0 atom stereocenters. The quantitative estimate of drug-likeness (QED) is 0.910.